The summed E-state index contributed by atoms with van der Waals surface area (Å²) in [6.45, 7) is 3.49. The molecule has 144 valence electrons. The molecule has 2 aromatic rings. The second-order valence-electron chi connectivity index (χ2n) is 7.03. The number of anilines is 2. The molecule has 7 heteroatoms. The van der Waals surface area contributed by atoms with E-state index >= 15 is 0 Å². The van der Waals surface area contributed by atoms with E-state index in [1.165, 1.54) is 16.7 Å². The van der Waals surface area contributed by atoms with Crippen molar-refractivity contribution in [2.75, 3.05) is 16.8 Å². The van der Waals surface area contributed by atoms with E-state index in [4.69, 9.17) is 4.74 Å². The topological polar surface area (TPSA) is 75.7 Å². The number of carbonyl (C=O) groups excluding carboxylic acids is 3. The summed E-state index contributed by atoms with van der Waals surface area (Å²) in [6.07, 6.45) is 0.647. The molecule has 1 atom stereocenters. The van der Waals surface area contributed by atoms with E-state index in [0.717, 1.165) is 21.7 Å². The number of carbonyl (C=O) groups is 3. The van der Waals surface area contributed by atoms with Crippen LogP contribution in [0.4, 0.5) is 11.4 Å². The van der Waals surface area contributed by atoms with Crippen molar-refractivity contribution in [1.82, 2.24) is 0 Å². The Hall–Kier alpha value is -2.80. The third kappa shape index (κ3) is 3.05. The number of aryl methyl sites for hydroxylation is 2. The number of hydrogen-bond acceptors (Lipinski definition) is 5. The van der Waals surface area contributed by atoms with Crippen LogP contribution in [0.5, 0.6) is 0 Å². The number of hydrogen-bond donors (Lipinski definition) is 1. The molecule has 1 saturated heterocycles. The Morgan fingerprint density at radius 3 is 2.79 bits per heavy atom. The normalized spacial score (nSPS) is 19.9. The first-order valence-electron chi connectivity index (χ1n) is 9.06. The predicted molar refractivity (Wildman–Crippen MR) is 107 cm³/mol. The van der Waals surface area contributed by atoms with Crippen LogP contribution in [-0.2, 0) is 19.1 Å². The standard InChI is InChI=1S/C21H20N2O4S/c1-13-7-8-15(14(2)11-13)22-18(24)12-27-20(26)21-10-9-19(25)23(21)16-5-3-4-6-17(16)28-21/h3-8,11H,9-10,12H2,1-2H3,(H,22,24). The highest BCUT2D eigenvalue weighted by molar-refractivity contribution is 8.02. The van der Waals surface area contributed by atoms with Gasteiger partial charge in [0.25, 0.3) is 5.91 Å². The van der Waals surface area contributed by atoms with E-state index in [1.54, 1.807) is 0 Å². The van der Waals surface area contributed by atoms with E-state index in [2.05, 4.69) is 5.32 Å². The number of fused-ring (bicyclic) bond motifs is 3. The molecule has 0 aromatic heterocycles. The van der Waals surface area contributed by atoms with E-state index < -0.39 is 23.4 Å². The van der Waals surface area contributed by atoms with Crippen LogP contribution in [0.2, 0.25) is 0 Å². The molecule has 0 aliphatic carbocycles. The maximum Gasteiger partial charge on any atom is 0.344 e. The summed E-state index contributed by atoms with van der Waals surface area (Å²) < 4.78 is 5.34. The van der Waals surface area contributed by atoms with Gasteiger partial charge in [-0.15, -0.1) is 0 Å². The molecule has 0 saturated carbocycles. The van der Waals surface area contributed by atoms with Crippen LogP contribution in [0.15, 0.2) is 47.4 Å². The van der Waals surface area contributed by atoms with Gasteiger partial charge in [0, 0.05) is 23.4 Å². The highest BCUT2D eigenvalue weighted by Gasteiger charge is 2.58. The van der Waals surface area contributed by atoms with Crippen molar-refractivity contribution in [3.63, 3.8) is 0 Å². The molecular formula is C21H20N2O4S. The zero-order chi connectivity index (χ0) is 19.9. The van der Waals surface area contributed by atoms with Crippen LogP contribution in [0.3, 0.4) is 0 Å². The molecule has 2 heterocycles. The Morgan fingerprint density at radius 2 is 2.00 bits per heavy atom. The minimum atomic E-state index is -1.11. The summed E-state index contributed by atoms with van der Waals surface area (Å²) >= 11 is 1.32. The quantitative estimate of drug-likeness (QED) is 0.802. The number of nitrogens with zero attached hydrogens (tertiary/aromatic N) is 1. The van der Waals surface area contributed by atoms with Crippen molar-refractivity contribution in [2.45, 2.75) is 36.5 Å². The summed E-state index contributed by atoms with van der Waals surface area (Å²) in [5.41, 5.74) is 3.45. The highest BCUT2D eigenvalue weighted by atomic mass is 32.2. The van der Waals surface area contributed by atoms with Gasteiger partial charge in [-0.25, -0.2) is 4.79 Å². The summed E-state index contributed by atoms with van der Waals surface area (Å²) in [7, 11) is 0. The molecule has 1 unspecified atom stereocenters. The maximum atomic E-state index is 12.9. The van der Waals surface area contributed by atoms with Gasteiger partial charge in [0.05, 0.1) is 5.69 Å². The Kier molecular flexibility index (Phi) is 4.63. The van der Waals surface area contributed by atoms with Crippen molar-refractivity contribution in [2.24, 2.45) is 0 Å². The number of benzene rings is 2. The lowest BCUT2D eigenvalue weighted by Crippen LogP contribution is -2.48. The molecule has 0 bridgehead atoms. The average Bonchev–Trinajstić information content (AvgIpc) is 3.18. The molecule has 2 amide bonds. The van der Waals surface area contributed by atoms with Crippen molar-refractivity contribution < 1.29 is 19.1 Å². The molecule has 1 N–H and O–H groups in total. The number of thioether (sulfide) groups is 1. The fourth-order valence-electron chi connectivity index (χ4n) is 3.66. The maximum absolute atomic E-state index is 12.9. The van der Waals surface area contributed by atoms with E-state index in [1.807, 2.05) is 56.3 Å². The Labute approximate surface area is 167 Å². The lowest BCUT2D eigenvalue weighted by Gasteiger charge is -2.28. The monoisotopic (exact) mass is 396 g/mol. The number of para-hydroxylation sites is 1. The first-order valence-corrected chi connectivity index (χ1v) is 9.88. The zero-order valence-corrected chi connectivity index (χ0v) is 16.5. The molecular weight excluding hydrogens is 376 g/mol. The summed E-state index contributed by atoms with van der Waals surface area (Å²) in [6, 6.07) is 13.1. The lowest BCUT2D eigenvalue weighted by molar-refractivity contribution is -0.149. The fourth-order valence-corrected chi connectivity index (χ4v) is 5.07. The van der Waals surface area contributed by atoms with Crippen molar-refractivity contribution >= 4 is 40.9 Å². The number of nitrogens with one attached hydrogen (secondary N) is 1. The van der Waals surface area contributed by atoms with Gasteiger partial charge in [-0.3, -0.25) is 14.5 Å². The van der Waals surface area contributed by atoms with E-state index in [0.29, 0.717) is 12.1 Å². The van der Waals surface area contributed by atoms with E-state index in [9.17, 15) is 14.4 Å². The van der Waals surface area contributed by atoms with Gasteiger partial charge in [0.1, 0.15) is 0 Å². The van der Waals surface area contributed by atoms with Crippen LogP contribution in [0.25, 0.3) is 0 Å². The van der Waals surface area contributed by atoms with Crippen molar-refractivity contribution in [3.05, 3.63) is 53.6 Å². The van der Waals surface area contributed by atoms with Crippen molar-refractivity contribution in [3.8, 4) is 0 Å². The zero-order valence-electron chi connectivity index (χ0n) is 15.7. The molecule has 2 aromatic carbocycles. The summed E-state index contributed by atoms with van der Waals surface area (Å²) in [5.74, 6) is -1.07. The van der Waals surface area contributed by atoms with Crippen molar-refractivity contribution in [1.29, 1.82) is 0 Å². The number of rotatable bonds is 4. The molecule has 0 radical (unpaired) electrons. The Balaban J connectivity index is 1.45. The average molecular weight is 396 g/mol. The second kappa shape index (κ2) is 6.98. The van der Waals surface area contributed by atoms with Crippen LogP contribution in [0, 0.1) is 13.8 Å². The van der Waals surface area contributed by atoms with Gasteiger partial charge in [0.2, 0.25) is 5.91 Å². The summed E-state index contributed by atoms with van der Waals surface area (Å²) in [5, 5.41) is 2.76. The highest BCUT2D eigenvalue weighted by Crippen LogP contribution is 2.56. The number of ether oxygens (including phenoxy) is 1. The largest absolute Gasteiger partial charge is 0.453 e. The Bertz CT molecular complexity index is 990. The van der Waals surface area contributed by atoms with Crippen LogP contribution >= 0.6 is 11.8 Å². The minimum absolute atomic E-state index is 0.103. The first kappa shape index (κ1) is 18.6. The second-order valence-corrected chi connectivity index (χ2v) is 8.35. The molecule has 6 nitrogen and oxygen atoms in total. The third-order valence-electron chi connectivity index (χ3n) is 4.98. The van der Waals surface area contributed by atoms with Gasteiger partial charge in [-0.1, -0.05) is 41.6 Å². The molecule has 4 rings (SSSR count). The molecule has 0 spiro atoms. The SMILES string of the molecule is Cc1ccc(NC(=O)COC(=O)C23CCC(=O)N2c2ccccc2S3)c(C)c1. The van der Waals surface area contributed by atoms with Gasteiger partial charge in [0.15, 0.2) is 11.5 Å². The molecule has 28 heavy (non-hydrogen) atoms. The lowest BCUT2D eigenvalue weighted by atomic mass is 10.1. The van der Waals surface area contributed by atoms with Crippen LogP contribution in [-0.4, -0.2) is 29.3 Å². The smallest absolute Gasteiger partial charge is 0.344 e. The minimum Gasteiger partial charge on any atom is -0.453 e. The summed E-state index contributed by atoms with van der Waals surface area (Å²) in [4.78, 5) is 38.9. The van der Waals surface area contributed by atoms with Gasteiger partial charge >= 0.3 is 5.97 Å². The molecule has 2 aliphatic heterocycles. The third-order valence-corrected chi connectivity index (χ3v) is 6.44. The van der Waals surface area contributed by atoms with Gasteiger partial charge in [-0.2, -0.15) is 0 Å². The predicted octanol–water partition coefficient (Wildman–Crippen LogP) is 3.41. The van der Waals surface area contributed by atoms with E-state index in [-0.39, 0.29) is 12.3 Å². The van der Waals surface area contributed by atoms with Crippen LogP contribution < -0.4 is 10.2 Å². The van der Waals surface area contributed by atoms with Gasteiger partial charge in [-0.05, 0) is 37.6 Å². The van der Waals surface area contributed by atoms with Gasteiger partial charge < -0.3 is 10.1 Å². The molecule has 2 aliphatic rings. The Morgan fingerprint density at radius 1 is 1.21 bits per heavy atom. The molecule has 1 fully saturated rings. The van der Waals surface area contributed by atoms with Crippen LogP contribution in [0.1, 0.15) is 24.0 Å². The number of amides is 2. The fraction of sp³-hybridized carbons (Fsp3) is 0.286. The first-order chi connectivity index (χ1) is 13.4. The number of esters is 1.